The predicted octanol–water partition coefficient (Wildman–Crippen LogP) is 2.08. The Morgan fingerprint density at radius 3 is 2.64 bits per heavy atom. The van der Waals surface area contributed by atoms with Crippen molar-refractivity contribution >= 4 is 5.91 Å². The topological polar surface area (TPSA) is 49.6 Å². The van der Waals surface area contributed by atoms with Gasteiger partial charge in [-0.1, -0.05) is 17.3 Å². The Balaban J connectivity index is 1.57. The van der Waals surface area contributed by atoms with Crippen molar-refractivity contribution in [1.29, 1.82) is 0 Å². The maximum absolute atomic E-state index is 13.7. The van der Waals surface area contributed by atoms with E-state index in [-0.39, 0.29) is 11.5 Å². The Kier molecular flexibility index (Phi) is 4.20. The van der Waals surface area contributed by atoms with E-state index in [4.69, 9.17) is 4.52 Å². The summed E-state index contributed by atoms with van der Waals surface area (Å²) in [7, 11) is 0. The van der Waals surface area contributed by atoms with Crippen molar-refractivity contribution in [1.82, 2.24) is 15.0 Å². The van der Waals surface area contributed by atoms with E-state index in [0.717, 1.165) is 24.5 Å². The van der Waals surface area contributed by atoms with Gasteiger partial charge in [0.25, 0.3) is 5.91 Å². The number of aromatic nitrogens is 1. The molecule has 1 aromatic heterocycles. The van der Waals surface area contributed by atoms with E-state index >= 15 is 0 Å². The lowest BCUT2D eigenvalue weighted by atomic mass is 10.1. The summed E-state index contributed by atoms with van der Waals surface area (Å²) < 4.78 is 18.7. The first kappa shape index (κ1) is 14.7. The third-order valence-corrected chi connectivity index (χ3v) is 3.83. The number of halogens is 1. The molecule has 2 heterocycles. The number of nitrogens with zero attached hydrogens (tertiary/aromatic N) is 3. The maximum atomic E-state index is 13.7. The molecule has 0 N–H and O–H groups in total. The van der Waals surface area contributed by atoms with Gasteiger partial charge in [0.2, 0.25) is 0 Å². The molecule has 1 amide bonds. The molecule has 0 atom stereocenters. The number of benzene rings is 1. The molecular weight excluding hydrogens is 285 g/mol. The SMILES string of the molecule is Cc1cc(CN2CCN(C(=O)c3ccccc3F)CC2)no1. The first-order valence-corrected chi connectivity index (χ1v) is 7.32. The van der Waals surface area contributed by atoms with Crippen molar-refractivity contribution in [3.63, 3.8) is 0 Å². The van der Waals surface area contributed by atoms with E-state index in [1.54, 1.807) is 17.0 Å². The van der Waals surface area contributed by atoms with E-state index in [1.807, 2.05) is 13.0 Å². The summed E-state index contributed by atoms with van der Waals surface area (Å²) in [6, 6.07) is 8.03. The molecule has 6 heteroatoms. The number of carbonyl (C=O) groups excluding carboxylic acids is 1. The predicted molar refractivity (Wildman–Crippen MR) is 78.8 cm³/mol. The maximum Gasteiger partial charge on any atom is 0.256 e. The van der Waals surface area contributed by atoms with Crippen LogP contribution in [0.2, 0.25) is 0 Å². The summed E-state index contributed by atoms with van der Waals surface area (Å²) in [5, 5.41) is 3.98. The zero-order valence-corrected chi connectivity index (χ0v) is 12.5. The molecule has 116 valence electrons. The van der Waals surface area contributed by atoms with Crippen molar-refractivity contribution in [3.8, 4) is 0 Å². The molecule has 0 saturated carbocycles. The molecule has 1 fully saturated rings. The number of rotatable bonds is 3. The van der Waals surface area contributed by atoms with Gasteiger partial charge in [-0.15, -0.1) is 0 Å². The van der Waals surface area contributed by atoms with Gasteiger partial charge >= 0.3 is 0 Å². The van der Waals surface area contributed by atoms with Crippen LogP contribution in [0.1, 0.15) is 21.8 Å². The lowest BCUT2D eigenvalue weighted by Gasteiger charge is -2.34. The Morgan fingerprint density at radius 1 is 1.27 bits per heavy atom. The van der Waals surface area contributed by atoms with Gasteiger partial charge in [0.15, 0.2) is 0 Å². The molecule has 0 unspecified atom stereocenters. The van der Waals surface area contributed by atoms with Gasteiger partial charge in [0, 0.05) is 38.8 Å². The van der Waals surface area contributed by atoms with Gasteiger partial charge in [-0.25, -0.2) is 4.39 Å². The lowest BCUT2D eigenvalue weighted by Crippen LogP contribution is -2.48. The van der Waals surface area contributed by atoms with Crippen molar-refractivity contribution in [2.75, 3.05) is 26.2 Å². The van der Waals surface area contributed by atoms with Crippen LogP contribution >= 0.6 is 0 Å². The van der Waals surface area contributed by atoms with Gasteiger partial charge < -0.3 is 9.42 Å². The fourth-order valence-corrected chi connectivity index (χ4v) is 2.64. The van der Waals surface area contributed by atoms with Crippen LogP contribution in [0.15, 0.2) is 34.9 Å². The zero-order chi connectivity index (χ0) is 15.5. The highest BCUT2D eigenvalue weighted by atomic mass is 19.1. The van der Waals surface area contributed by atoms with E-state index < -0.39 is 5.82 Å². The minimum absolute atomic E-state index is 0.142. The van der Waals surface area contributed by atoms with Gasteiger partial charge in [-0.2, -0.15) is 0 Å². The first-order chi connectivity index (χ1) is 10.6. The third-order valence-electron chi connectivity index (χ3n) is 3.83. The normalized spacial score (nSPS) is 16.0. The summed E-state index contributed by atoms with van der Waals surface area (Å²) in [6.45, 7) is 5.23. The van der Waals surface area contributed by atoms with Crippen LogP contribution in [0.5, 0.6) is 0 Å². The largest absolute Gasteiger partial charge is 0.361 e. The van der Waals surface area contributed by atoms with Crippen LogP contribution in [0.4, 0.5) is 4.39 Å². The highest BCUT2D eigenvalue weighted by Crippen LogP contribution is 2.14. The Morgan fingerprint density at radius 2 is 2.00 bits per heavy atom. The number of aryl methyl sites for hydroxylation is 1. The average molecular weight is 303 g/mol. The fraction of sp³-hybridized carbons (Fsp3) is 0.375. The van der Waals surface area contributed by atoms with Crippen LogP contribution in [0.25, 0.3) is 0 Å². The Hall–Kier alpha value is -2.21. The van der Waals surface area contributed by atoms with E-state index in [0.29, 0.717) is 19.6 Å². The van der Waals surface area contributed by atoms with Crippen LogP contribution in [-0.2, 0) is 6.54 Å². The minimum atomic E-state index is -0.465. The van der Waals surface area contributed by atoms with E-state index in [2.05, 4.69) is 10.1 Å². The summed E-state index contributed by atoms with van der Waals surface area (Å²) >= 11 is 0. The molecule has 22 heavy (non-hydrogen) atoms. The molecule has 5 nitrogen and oxygen atoms in total. The molecule has 1 aliphatic heterocycles. The zero-order valence-electron chi connectivity index (χ0n) is 12.5. The van der Waals surface area contributed by atoms with Gasteiger partial charge in [-0.05, 0) is 19.1 Å². The number of hydrogen-bond donors (Lipinski definition) is 0. The monoisotopic (exact) mass is 303 g/mol. The quantitative estimate of drug-likeness (QED) is 0.871. The second-order valence-corrected chi connectivity index (χ2v) is 5.48. The standard InChI is InChI=1S/C16H18FN3O2/c1-12-10-13(18-22-12)11-19-6-8-20(9-7-19)16(21)14-4-2-3-5-15(14)17/h2-5,10H,6-9,11H2,1H3. The summed E-state index contributed by atoms with van der Waals surface area (Å²) in [5.74, 6) is 0.0893. The molecule has 1 saturated heterocycles. The summed E-state index contributed by atoms with van der Waals surface area (Å²) in [6.07, 6.45) is 0. The fourth-order valence-electron chi connectivity index (χ4n) is 2.64. The van der Waals surface area contributed by atoms with Gasteiger partial charge in [0.05, 0.1) is 11.3 Å². The number of carbonyl (C=O) groups is 1. The van der Waals surface area contributed by atoms with E-state index in [9.17, 15) is 9.18 Å². The smallest absolute Gasteiger partial charge is 0.256 e. The van der Waals surface area contributed by atoms with Crippen molar-refractivity contribution in [2.24, 2.45) is 0 Å². The molecule has 0 spiro atoms. The van der Waals surface area contributed by atoms with Crippen molar-refractivity contribution in [3.05, 3.63) is 53.2 Å². The van der Waals surface area contributed by atoms with Crippen molar-refractivity contribution in [2.45, 2.75) is 13.5 Å². The second-order valence-electron chi connectivity index (χ2n) is 5.48. The molecule has 3 rings (SSSR count). The summed E-state index contributed by atoms with van der Waals surface area (Å²) in [5.41, 5.74) is 1.04. The van der Waals surface area contributed by atoms with Crippen molar-refractivity contribution < 1.29 is 13.7 Å². The highest BCUT2D eigenvalue weighted by Gasteiger charge is 2.24. The molecular formula is C16H18FN3O2. The Bertz CT molecular complexity index is 663. The first-order valence-electron chi connectivity index (χ1n) is 7.32. The molecule has 2 aromatic rings. The molecule has 0 aliphatic carbocycles. The number of piperazine rings is 1. The van der Waals surface area contributed by atoms with Crippen LogP contribution in [-0.4, -0.2) is 47.0 Å². The Labute approximate surface area is 128 Å². The lowest BCUT2D eigenvalue weighted by molar-refractivity contribution is 0.0621. The second kappa shape index (κ2) is 6.27. The van der Waals surface area contributed by atoms with Crippen LogP contribution in [0, 0.1) is 12.7 Å². The number of amides is 1. The molecule has 1 aromatic carbocycles. The third kappa shape index (κ3) is 3.17. The number of hydrogen-bond acceptors (Lipinski definition) is 4. The van der Waals surface area contributed by atoms with Crippen LogP contribution < -0.4 is 0 Å². The molecule has 0 bridgehead atoms. The molecule has 1 aliphatic rings. The van der Waals surface area contributed by atoms with Gasteiger partial charge in [-0.3, -0.25) is 9.69 Å². The van der Waals surface area contributed by atoms with Gasteiger partial charge in [0.1, 0.15) is 11.6 Å². The molecule has 0 radical (unpaired) electrons. The van der Waals surface area contributed by atoms with Crippen LogP contribution in [0.3, 0.4) is 0 Å². The average Bonchev–Trinajstić information content (AvgIpc) is 2.93. The van der Waals surface area contributed by atoms with E-state index in [1.165, 1.54) is 12.1 Å². The summed E-state index contributed by atoms with van der Waals surface area (Å²) in [4.78, 5) is 16.2. The minimum Gasteiger partial charge on any atom is -0.361 e. The highest BCUT2D eigenvalue weighted by molar-refractivity contribution is 5.94.